The maximum Gasteiger partial charge on any atom is 0.238 e. The molecule has 0 unspecified atom stereocenters. The van der Waals surface area contributed by atoms with E-state index in [1.807, 2.05) is 18.4 Å². The second-order valence-corrected chi connectivity index (χ2v) is 7.46. The Balaban J connectivity index is 1.67. The Kier molecular flexibility index (Phi) is 5.17. The number of aryl methyl sites for hydroxylation is 1. The van der Waals surface area contributed by atoms with E-state index in [0.29, 0.717) is 29.6 Å². The Morgan fingerprint density at radius 2 is 1.88 bits per heavy atom. The first-order valence-electron chi connectivity index (χ1n) is 8.09. The summed E-state index contributed by atoms with van der Waals surface area (Å²) in [7, 11) is -3.31. The van der Waals surface area contributed by atoms with E-state index in [1.165, 1.54) is 0 Å². The van der Waals surface area contributed by atoms with Crippen molar-refractivity contribution < 1.29 is 13.2 Å². The average molecular weight is 373 g/mol. The van der Waals surface area contributed by atoms with E-state index in [0.717, 1.165) is 5.82 Å². The van der Waals surface area contributed by atoms with Gasteiger partial charge in [0.05, 0.1) is 5.75 Å². The number of ether oxygens (including phenoxy) is 1. The molecular weight excluding hydrogens is 354 g/mol. The van der Waals surface area contributed by atoms with Crippen molar-refractivity contribution in [1.82, 2.24) is 19.7 Å². The molecule has 0 atom stereocenters. The van der Waals surface area contributed by atoms with Crippen molar-refractivity contribution in [3.05, 3.63) is 54.6 Å². The van der Waals surface area contributed by atoms with Gasteiger partial charge in [0, 0.05) is 24.1 Å². The average Bonchev–Trinajstić information content (AvgIpc) is 3.03. The minimum atomic E-state index is -3.31. The fourth-order valence-corrected chi connectivity index (χ4v) is 3.46. The van der Waals surface area contributed by atoms with Gasteiger partial charge in [-0.2, -0.15) is 0 Å². The Morgan fingerprint density at radius 3 is 2.46 bits per heavy atom. The standard InChI is InChI=1S/C17H19N5O3S/c1-3-12-26(23,24)21-14-4-6-15(7-5-14)25-17-9-8-16(19-20-17)22-11-10-18-13(22)2/h4-11,21H,3,12H2,1-2H3. The van der Waals surface area contributed by atoms with Crippen molar-refractivity contribution in [2.24, 2.45) is 0 Å². The SMILES string of the molecule is CCCS(=O)(=O)Nc1ccc(Oc2ccc(-n3ccnc3C)nn2)cc1. The van der Waals surface area contributed by atoms with E-state index in [-0.39, 0.29) is 5.75 Å². The molecular formula is C17H19N5O3S. The van der Waals surface area contributed by atoms with Crippen LogP contribution >= 0.6 is 0 Å². The summed E-state index contributed by atoms with van der Waals surface area (Å²) in [5.74, 6) is 2.42. The smallest absolute Gasteiger partial charge is 0.238 e. The van der Waals surface area contributed by atoms with E-state index >= 15 is 0 Å². The number of imidazole rings is 1. The Hall–Kier alpha value is -2.94. The number of sulfonamides is 1. The van der Waals surface area contributed by atoms with Crippen LogP contribution in [0.25, 0.3) is 5.82 Å². The van der Waals surface area contributed by atoms with Gasteiger partial charge in [-0.15, -0.1) is 10.2 Å². The highest BCUT2D eigenvalue weighted by atomic mass is 32.2. The van der Waals surface area contributed by atoms with Crippen molar-refractivity contribution in [2.75, 3.05) is 10.5 Å². The number of nitrogens with zero attached hydrogens (tertiary/aromatic N) is 4. The molecule has 1 N–H and O–H groups in total. The molecule has 0 saturated carbocycles. The predicted molar refractivity (Wildman–Crippen MR) is 98.1 cm³/mol. The number of aromatic nitrogens is 4. The zero-order valence-electron chi connectivity index (χ0n) is 14.5. The molecule has 0 amide bonds. The molecule has 2 heterocycles. The van der Waals surface area contributed by atoms with Crippen LogP contribution in [-0.4, -0.2) is 33.9 Å². The van der Waals surface area contributed by atoms with Crippen LogP contribution < -0.4 is 9.46 Å². The molecule has 2 aromatic heterocycles. The highest BCUT2D eigenvalue weighted by Gasteiger charge is 2.09. The number of hydrogen-bond acceptors (Lipinski definition) is 6. The van der Waals surface area contributed by atoms with Gasteiger partial charge in [0.25, 0.3) is 0 Å². The molecule has 136 valence electrons. The molecule has 9 heteroatoms. The van der Waals surface area contributed by atoms with Crippen LogP contribution in [0, 0.1) is 6.92 Å². The number of hydrogen-bond donors (Lipinski definition) is 1. The number of anilines is 1. The molecule has 1 aromatic carbocycles. The molecule has 0 aliphatic heterocycles. The first kappa shape index (κ1) is 17.9. The lowest BCUT2D eigenvalue weighted by molar-refractivity contribution is 0.454. The topological polar surface area (TPSA) is 99.0 Å². The van der Waals surface area contributed by atoms with Crippen molar-refractivity contribution in [3.63, 3.8) is 0 Å². The van der Waals surface area contributed by atoms with Gasteiger partial charge in [-0.1, -0.05) is 6.92 Å². The molecule has 0 spiro atoms. The van der Waals surface area contributed by atoms with Crippen LogP contribution in [0.2, 0.25) is 0 Å². The van der Waals surface area contributed by atoms with Gasteiger partial charge in [-0.25, -0.2) is 13.4 Å². The summed E-state index contributed by atoms with van der Waals surface area (Å²) in [6.45, 7) is 3.69. The number of rotatable bonds is 7. The van der Waals surface area contributed by atoms with Gasteiger partial charge < -0.3 is 4.74 Å². The van der Waals surface area contributed by atoms with Crippen LogP contribution in [0.1, 0.15) is 19.2 Å². The predicted octanol–water partition coefficient (Wildman–Crippen LogP) is 2.91. The lowest BCUT2D eigenvalue weighted by Gasteiger charge is -2.09. The second kappa shape index (κ2) is 7.52. The fourth-order valence-electron chi connectivity index (χ4n) is 2.33. The highest BCUT2D eigenvalue weighted by Crippen LogP contribution is 2.22. The van der Waals surface area contributed by atoms with Crippen LogP contribution in [0.15, 0.2) is 48.8 Å². The summed E-state index contributed by atoms with van der Waals surface area (Å²) in [4.78, 5) is 4.14. The molecule has 0 saturated heterocycles. The first-order chi connectivity index (χ1) is 12.5. The maximum absolute atomic E-state index is 11.8. The van der Waals surface area contributed by atoms with Crippen LogP contribution in [0.5, 0.6) is 11.6 Å². The Morgan fingerprint density at radius 1 is 1.12 bits per heavy atom. The molecule has 0 aliphatic rings. The van der Waals surface area contributed by atoms with E-state index in [1.54, 1.807) is 48.8 Å². The van der Waals surface area contributed by atoms with Crippen LogP contribution in [0.3, 0.4) is 0 Å². The summed E-state index contributed by atoms with van der Waals surface area (Å²) >= 11 is 0. The molecule has 0 aliphatic carbocycles. The summed E-state index contributed by atoms with van der Waals surface area (Å²) in [6, 6.07) is 10.1. The van der Waals surface area contributed by atoms with E-state index in [4.69, 9.17) is 4.74 Å². The Bertz CT molecular complexity index is 966. The lowest BCUT2D eigenvalue weighted by Crippen LogP contribution is -2.15. The van der Waals surface area contributed by atoms with Gasteiger partial charge in [0.2, 0.25) is 15.9 Å². The van der Waals surface area contributed by atoms with E-state index in [2.05, 4.69) is 19.9 Å². The molecule has 0 radical (unpaired) electrons. The summed E-state index contributed by atoms with van der Waals surface area (Å²) < 4.78 is 33.5. The molecule has 26 heavy (non-hydrogen) atoms. The lowest BCUT2D eigenvalue weighted by atomic mass is 10.3. The summed E-state index contributed by atoms with van der Waals surface area (Å²) in [5, 5.41) is 8.17. The third-order valence-corrected chi connectivity index (χ3v) is 5.01. The molecule has 3 aromatic rings. The third-order valence-electron chi connectivity index (χ3n) is 3.52. The number of nitrogens with one attached hydrogen (secondary N) is 1. The largest absolute Gasteiger partial charge is 0.438 e. The van der Waals surface area contributed by atoms with E-state index < -0.39 is 10.0 Å². The summed E-state index contributed by atoms with van der Waals surface area (Å²) in [5.41, 5.74) is 0.489. The van der Waals surface area contributed by atoms with Gasteiger partial charge in [0.15, 0.2) is 5.82 Å². The third kappa shape index (κ3) is 4.37. The van der Waals surface area contributed by atoms with Crippen molar-refractivity contribution >= 4 is 15.7 Å². The van der Waals surface area contributed by atoms with Gasteiger partial charge >= 0.3 is 0 Å². The summed E-state index contributed by atoms with van der Waals surface area (Å²) in [6.07, 6.45) is 4.06. The van der Waals surface area contributed by atoms with Gasteiger partial charge in [-0.3, -0.25) is 9.29 Å². The highest BCUT2D eigenvalue weighted by molar-refractivity contribution is 7.92. The zero-order chi connectivity index (χ0) is 18.6. The van der Waals surface area contributed by atoms with Gasteiger partial charge in [0.1, 0.15) is 11.6 Å². The second-order valence-electron chi connectivity index (χ2n) is 5.62. The van der Waals surface area contributed by atoms with Crippen LogP contribution in [0.4, 0.5) is 5.69 Å². The monoisotopic (exact) mass is 373 g/mol. The number of benzene rings is 1. The quantitative estimate of drug-likeness (QED) is 0.684. The Labute approximate surface area is 151 Å². The van der Waals surface area contributed by atoms with E-state index in [9.17, 15) is 8.42 Å². The maximum atomic E-state index is 11.8. The van der Waals surface area contributed by atoms with Crippen molar-refractivity contribution in [2.45, 2.75) is 20.3 Å². The fraction of sp³-hybridized carbons (Fsp3) is 0.235. The minimum absolute atomic E-state index is 0.0869. The first-order valence-corrected chi connectivity index (χ1v) is 9.74. The molecule has 8 nitrogen and oxygen atoms in total. The van der Waals surface area contributed by atoms with Crippen LogP contribution in [-0.2, 0) is 10.0 Å². The zero-order valence-corrected chi connectivity index (χ0v) is 15.3. The normalized spacial score (nSPS) is 11.3. The molecule has 0 fully saturated rings. The van der Waals surface area contributed by atoms with Gasteiger partial charge in [-0.05, 0) is 43.7 Å². The molecule has 0 bridgehead atoms. The van der Waals surface area contributed by atoms with Crippen molar-refractivity contribution in [1.29, 1.82) is 0 Å². The minimum Gasteiger partial charge on any atom is -0.438 e. The molecule has 3 rings (SSSR count). The van der Waals surface area contributed by atoms with Crippen molar-refractivity contribution in [3.8, 4) is 17.4 Å².